The first-order valence-corrected chi connectivity index (χ1v) is 18.5. The third-order valence-corrected chi connectivity index (χ3v) is 12.5. The molecule has 8 rings (SSSR count). The van der Waals surface area contributed by atoms with E-state index in [2.05, 4.69) is 25.8 Å². The van der Waals surface area contributed by atoms with Crippen molar-refractivity contribution in [3.63, 3.8) is 0 Å². The van der Waals surface area contributed by atoms with Crippen LogP contribution in [0.25, 0.3) is 10.9 Å². The number of hydrogen-bond donors (Lipinski definition) is 0. The fourth-order valence-electron chi connectivity index (χ4n) is 8.35. The van der Waals surface area contributed by atoms with Crippen LogP contribution in [0.15, 0.2) is 96.3 Å². The monoisotopic (exact) mass is 702 g/mol. The van der Waals surface area contributed by atoms with Gasteiger partial charge in [-0.1, -0.05) is 0 Å². The van der Waals surface area contributed by atoms with E-state index in [1.165, 1.54) is 4.31 Å². The number of nitrogens with zero attached hydrogens (tertiary/aromatic N) is 6. The molecule has 0 aliphatic carbocycles. The molecule has 5 aromatic rings. The average Bonchev–Trinajstić information content (AvgIpc) is 3.86. The van der Waals surface area contributed by atoms with Crippen molar-refractivity contribution in [1.82, 2.24) is 14.9 Å². The molecule has 260 valence electrons. The molecule has 2 saturated heterocycles. The van der Waals surface area contributed by atoms with Crippen LogP contribution in [0.5, 0.6) is 17.2 Å². The van der Waals surface area contributed by atoms with E-state index >= 15 is 8.42 Å². The number of aromatic nitrogens is 2. The zero-order valence-electron chi connectivity index (χ0n) is 28.7. The van der Waals surface area contributed by atoms with Gasteiger partial charge >= 0.3 is 0 Å². The molecule has 0 N–H and O–H groups in total. The Balaban J connectivity index is 1.31. The molecule has 2 fully saturated rings. The highest BCUT2D eigenvalue weighted by molar-refractivity contribution is 7.93. The molecule has 3 aliphatic rings. The summed E-state index contributed by atoms with van der Waals surface area (Å²) < 4.78 is 49.4. The molecular formula is C39H38N6O5S. The average molecular weight is 703 g/mol. The van der Waals surface area contributed by atoms with Crippen molar-refractivity contribution in [1.29, 1.82) is 5.26 Å². The van der Waals surface area contributed by atoms with E-state index in [0.717, 1.165) is 29.9 Å². The lowest BCUT2D eigenvalue weighted by Crippen LogP contribution is -2.51. The van der Waals surface area contributed by atoms with E-state index in [1.807, 2.05) is 61.8 Å². The zero-order chi connectivity index (χ0) is 35.3. The summed E-state index contributed by atoms with van der Waals surface area (Å²) in [5.74, 6) is 2.46. The Kier molecular flexibility index (Phi) is 8.20. The summed E-state index contributed by atoms with van der Waals surface area (Å²) in [6, 6.07) is 24.2. The van der Waals surface area contributed by atoms with Gasteiger partial charge in [0.15, 0.2) is 0 Å². The number of fused-ring (bicyclic) bond motifs is 3. The van der Waals surface area contributed by atoms with E-state index in [-0.39, 0.29) is 11.4 Å². The van der Waals surface area contributed by atoms with Crippen LogP contribution in [0, 0.1) is 23.2 Å². The Labute approximate surface area is 297 Å². The predicted octanol–water partition coefficient (Wildman–Crippen LogP) is 5.44. The maximum atomic E-state index is 15.1. The highest BCUT2D eigenvalue weighted by Crippen LogP contribution is 2.55. The van der Waals surface area contributed by atoms with E-state index in [1.54, 1.807) is 50.7 Å². The molecule has 3 aliphatic heterocycles. The predicted molar refractivity (Wildman–Crippen MR) is 194 cm³/mol. The summed E-state index contributed by atoms with van der Waals surface area (Å²) in [4.78, 5) is 13.6. The van der Waals surface area contributed by atoms with Crippen molar-refractivity contribution >= 4 is 32.3 Å². The number of rotatable bonds is 9. The second-order valence-corrected chi connectivity index (χ2v) is 15.0. The van der Waals surface area contributed by atoms with Gasteiger partial charge in [-0.25, -0.2) is 8.42 Å². The summed E-state index contributed by atoms with van der Waals surface area (Å²) >= 11 is 0. The lowest BCUT2D eigenvalue weighted by atomic mass is 9.81. The van der Waals surface area contributed by atoms with Crippen molar-refractivity contribution in [3.8, 4) is 23.3 Å². The van der Waals surface area contributed by atoms with Crippen molar-refractivity contribution in [3.05, 3.63) is 108 Å². The number of benzene rings is 3. The molecule has 11 nitrogen and oxygen atoms in total. The molecule has 0 spiro atoms. The van der Waals surface area contributed by atoms with Crippen LogP contribution in [0.4, 0.5) is 11.4 Å². The van der Waals surface area contributed by atoms with Gasteiger partial charge in [-0.2, -0.15) is 5.26 Å². The van der Waals surface area contributed by atoms with Crippen LogP contribution in [0.2, 0.25) is 0 Å². The Hall–Kier alpha value is -5.38. The quantitative estimate of drug-likeness (QED) is 0.196. The smallest absolute Gasteiger partial charge is 0.266 e. The molecule has 12 heteroatoms. The van der Waals surface area contributed by atoms with Gasteiger partial charge in [0.25, 0.3) is 10.0 Å². The molecular weight excluding hydrogens is 665 g/mol. The number of likely N-dealkylation sites (tertiary alicyclic amines) is 1. The minimum Gasteiger partial charge on any atom is -0.497 e. The highest BCUT2D eigenvalue weighted by Gasteiger charge is 2.57. The molecule has 0 amide bonds. The highest BCUT2D eigenvalue weighted by atomic mass is 32.2. The topological polar surface area (TPSA) is 121 Å². The van der Waals surface area contributed by atoms with E-state index < -0.39 is 15.6 Å². The van der Waals surface area contributed by atoms with Crippen molar-refractivity contribution in [2.45, 2.75) is 17.4 Å². The molecule has 3 unspecified atom stereocenters. The zero-order valence-corrected chi connectivity index (χ0v) is 29.5. The Morgan fingerprint density at radius 2 is 1.65 bits per heavy atom. The Morgan fingerprint density at radius 1 is 0.882 bits per heavy atom. The van der Waals surface area contributed by atoms with E-state index in [9.17, 15) is 5.26 Å². The standard InChI is InChI=1S/C39H38N6O5S/c1-4-50-36-10-8-30(48-2)19-33(36)39(44-23-27-21-43(22-28(27)24-44)29-13-16-41-17-14-29)25-45(34-9-7-26(20-40)18-32(34)39)51(46,47)37-12-11-35(49-3)31-6-5-15-42-38(31)37/h5-19,27-28H,4,21-25H2,1-3H3. The molecule has 5 heterocycles. The molecule has 0 saturated carbocycles. The summed E-state index contributed by atoms with van der Waals surface area (Å²) in [5.41, 5.74) is 2.93. The van der Waals surface area contributed by atoms with Crippen LogP contribution < -0.4 is 23.4 Å². The maximum absolute atomic E-state index is 15.1. The van der Waals surface area contributed by atoms with Gasteiger partial charge in [-0.3, -0.25) is 19.2 Å². The number of hydrogen-bond acceptors (Lipinski definition) is 10. The minimum atomic E-state index is -4.22. The molecule has 0 bridgehead atoms. The third kappa shape index (κ3) is 5.22. The van der Waals surface area contributed by atoms with Gasteiger partial charge in [0.05, 0.1) is 55.7 Å². The van der Waals surface area contributed by atoms with Gasteiger partial charge in [0.2, 0.25) is 0 Å². The number of sulfonamides is 1. The number of pyridine rings is 2. The third-order valence-electron chi connectivity index (χ3n) is 10.7. The largest absolute Gasteiger partial charge is 0.497 e. The van der Waals surface area contributed by atoms with Crippen molar-refractivity contribution < 1.29 is 22.6 Å². The van der Waals surface area contributed by atoms with Gasteiger partial charge in [-0.15, -0.1) is 0 Å². The van der Waals surface area contributed by atoms with Gasteiger partial charge in [0, 0.05) is 67.0 Å². The normalized spacial score (nSPS) is 21.4. The maximum Gasteiger partial charge on any atom is 0.266 e. The molecule has 2 aromatic heterocycles. The van der Waals surface area contributed by atoms with Gasteiger partial charge in [0.1, 0.15) is 22.1 Å². The molecule has 3 aromatic carbocycles. The second kappa shape index (κ2) is 12.7. The lowest BCUT2D eigenvalue weighted by molar-refractivity contribution is 0.157. The Morgan fingerprint density at radius 3 is 2.35 bits per heavy atom. The fourth-order valence-corrected chi connectivity index (χ4v) is 10.0. The lowest BCUT2D eigenvalue weighted by Gasteiger charge is -2.42. The summed E-state index contributed by atoms with van der Waals surface area (Å²) in [5, 5.41) is 10.8. The van der Waals surface area contributed by atoms with Gasteiger partial charge < -0.3 is 19.1 Å². The molecule has 0 radical (unpaired) electrons. The number of ether oxygens (including phenoxy) is 3. The van der Waals surface area contributed by atoms with E-state index in [0.29, 0.717) is 70.9 Å². The van der Waals surface area contributed by atoms with Crippen LogP contribution >= 0.6 is 0 Å². The number of methoxy groups -OCH3 is 2. The molecule has 3 atom stereocenters. The van der Waals surface area contributed by atoms with Crippen LogP contribution in [-0.4, -0.2) is 76.8 Å². The first-order valence-electron chi connectivity index (χ1n) is 17.0. The van der Waals surface area contributed by atoms with Crippen LogP contribution in [0.1, 0.15) is 23.6 Å². The van der Waals surface area contributed by atoms with Crippen molar-refractivity contribution in [2.75, 3.05) is 62.8 Å². The summed E-state index contributed by atoms with van der Waals surface area (Å²) in [6.45, 7) is 5.57. The minimum absolute atomic E-state index is 0.0562. The Bertz CT molecular complexity index is 2270. The summed E-state index contributed by atoms with van der Waals surface area (Å²) in [7, 11) is -1.04. The van der Waals surface area contributed by atoms with Crippen molar-refractivity contribution in [2.24, 2.45) is 11.8 Å². The SMILES string of the molecule is CCOc1ccc(OC)cc1C1(N2CC3CN(c4ccncc4)CC3C2)CN(S(=O)(=O)c2ccc(OC)c3cccnc23)c2ccc(C#N)cc21. The first kappa shape index (κ1) is 32.8. The fraction of sp³-hybridized carbons (Fsp3) is 0.308. The first-order chi connectivity index (χ1) is 24.8. The van der Waals surface area contributed by atoms with E-state index in [4.69, 9.17) is 14.2 Å². The molecule has 51 heavy (non-hydrogen) atoms. The van der Waals surface area contributed by atoms with Gasteiger partial charge in [-0.05, 0) is 91.6 Å². The van der Waals surface area contributed by atoms with Crippen LogP contribution in [-0.2, 0) is 15.6 Å². The summed E-state index contributed by atoms with van der Waals surface area (Å²) in [6.07, 6.45) is 5.23. The van der Waals surface area contributed by atoms with Crippen LogP contribution in [0.3, 0.4) is 0 Å². The number of anilines is 2. The number of nitriles is 1. The second-order valence-electron chi connectivity index (χ2n) is 13.2.